The van der Waals surface area contributed by atoms with Crippen LogP contribution in [-0.2, 0) is 4.74 Å². The molecular weight excluding hydrogens is 332 g/mol. The quantitative estimate of drug-likeness (QED) is 0.793. The maximum absolute atomic E-state index is 12.4. The Labute approximate surface area is 127 Å². The van der Waals surface area contributed by atoms with E-state index in [1.807, 2.05) is 17.9 Å². The second kappa shape index (κ2) is 7.12. The molecule has 1 fully saturated rings. The molecule has 19 heavy (non-hydrogen) atoms. The number of carbonyl (C=O) groups excluding carboxylic acids is 1. The van der Waals surface area contributed by atoms with Crippen molar-refractivity contribution in [3.8, 4) is 0 Å². The lowest BCUT2D eigenvalue weighted by Crippen LogP contribution is -2.36. The van der Waals surface area contributed by atoms with Crippen LogP contribution in [0.5, 0.6) is 0 Å². The van der Waals surface area contributed by atoms with Crippen molar-refractivity contribution < 1.29 is 9.53 Å². The highest BCUT2D eigenvalue weighted by atomic mass is 79.9. The highest BCUT2D eigenvalue weighted by Crippen LogP contribution is 2.21. The molecule has 0 radical (unpaired) electrons. The Kier molecular flexibility index (Phi) is 6.10. The number of benzene rings is 1. The fourth-order valence-electron chi connectivity index (χ4n) is 2.08. The summed E-state index contributed by atoms with van der Waals surface area (Å²) in [5.41, 5.74) is 6.96. The second-order valence-electron chi connectivity index (χ2n) is 4.52. The van der Waals surface area contributed by atoms with Crippen LogP contribution in [0, 0.1) is 0 Å². The van der Waals surface area contributed by atoms with E-state index < -0.39 is 0 Å². The molecule has 1 aromatic rings. The third-order valence-electron chi connectivity index (χ3n) is 2.98. The van der Waals surface area contributed by atoms with Gasteiger partial charge in [0.05, 0.1) is 11.7 Å². The number of nitrogen functional groups attached to an aromatic ring is 1. The predicted octanol–water partition coefficient (Wildman–Crippen LogP) is 2.70. The van der Waals surface area contributed by atoms with Crippen molar-refractivity contribution in [1.82, 2.24) is 4.90 Å². The maximum Gasteiger partial charge on any atom is 0.256 e. The van der Waals surface area contributed by atoms with E-state index in [1.54, 1.807) is 12.1 Å². The van der Waals surface area contributed by atoms with E-state index >= 15 is 0 Å². The minimum absolute atomic E-state index is 0. The van der Waals surface area contributed by atoms with Crippen LogP contribution in [0.3, 0.4) is 0 Å². The Morgan fingerprint density at radius 2 is 2.26 bits per heavy atom. The standard InChI is InChI=1S/C13H17BrN2O2.ClH/c1-9-8-16(5-2-6-18-9)13(17)11-4-3-10(14)7-12(11)15;/h3-4,7,9H,2,5-6,8,15H2,1H3;1H. The molecule has 2 rings (SSSR count). The Hall–Kier alpha value is -0.780. The molecule has 2 N–H and O–H groups in total. The molecule has 1 amide bonds. The zero-order valence-corrected chi connectivity index (χ0v) is 13.2. The van der Waals surface area contributed by atoms with Gasteiger partial charge in [-0.15, -0.1) is 12.4 Å². The fraction of sp³-hybridized carbons (Fsp3) is 0.462. The molecule has 1 heterocycles. The van der Waals surface area contributed by atoms with Gasteiger partial charge < -0.3 is 15.4 Å². The molecule has 0 aromatic heterocycles. The van der Waals surface area contributed by atoms with Crippen molar-refractivity contribution in [2.45, 2.75) is 19.4 Å². The first kappa shape index (κ1) is 16.3. The van der Waals surface area contributed by atoms with Gasteiger partial charge in [0, 0.05) is 29.9 Å². The second-order valence-corrected chi connectivity index (χ2v) is 5.43. The van der Waals surface area contributed by atoms with Crippen molar-refractivity contribution in [3.63, 3.8) is 0 Å². The zero-order chi connectivity index (χ0) is 13.1. The molecule has 0 spiro atoms. The summed E-state index contributed by atoms with van der Waals surface area (Å²) < 4.78 is 6.41. The summed E-state index contributed by atoms with van der Waals surface area (Å²) >= 11 is 3.34. The van der Waals surface area contributed by atoms with E-state index in [1.165, 1.54) is 0 Å². The SMILES string of the molecule is CC1CN(C(=O)c2ccc(Br)cc2N)CCCO1.Cl. The van der Waals surface area contributed by atoms with Gasteiger partial charge in [0.25, 0.3) is 5.91 Å². The molecule has 1 aliphatic heterocycles. The van der Waals surface area contributed by atoms with Crippen LogP contribution >= 0.6 is 28.3 Å². The molecule has 1 aromatic carbocycles. The van der Waals surface area contributed by atoms with Gasteiger partial charge in [-0.05, 0) is 31.5 Å². The minimum Gasteiger partial charge on any atom is -0.398 e. The highest BCUT2D eigenvalue weighted by molar-refractivity contribution is 9.10. The van der Waals surface area contributed by atoms with Crippen LogP contribution < -0.4 is 5.73 Å². The Morgan fingerprint density at radius 1 is 1.53 bits per heavy atom. The van der Waals surface area contributed by atoms with Gasteiger partial charge >= 0.3 is 0 Å². The van der Waals surface area contributed by atoms with E-state index in [4.69, 9.17) is 10.5 Å². The first-order valence-electron chi connectivity index (χ1n) is 6.04. The summed E-state index contributed by atoms with van der Waals surface area (Å²) in [6.07, 6.45) is 0.945. The van der Waals surface area contributed by atoms with Crippen molar-refractivity contribution in [2.75, 3.05) is 25.4 Å². The molecule has 1 unspecified atom stereocenters. The molecule has 1 atom stereocenters. The van der Waals surface area contributed by atoms with Gasteiger partial charge in [0.15, 0.2) is 0 Å². The molecule has 4 nitrogen and oxygen atoms in total. The van der Waals surface area contributed by atoms with Crippen molar-refractivity contribution in [2.24, 2.45) is 0 Å². The molecule has 106 valence electrons. The number of halogens is 2. The van der Waals surface area contributed by atoms with Crippen LogP contribution in [0.4, 0.5) is 5.69 Å². The molecule has 0 saturated carbocycles. The van der Waals surface area contributed by atoms with Crippen LogP contribution in [-0.4, -0.2) is 36.6 Å². The van der Waals surface area contributed by atoms with Crippen LogP contribution in [0.15, 0.2) is 22.7 Å². The minimum atomic E-state index is -0.0163. The van der Waals surface area contributed by atoms with Gasteiger partial charge in [-0.3, -0.25) is 4.79 Å². The molecular formula is C13H18BrClN2O2. The number of carbonyl (C=O) groups is 1. The smallest absolute Gasteiger partial charge is 0.256 e. The number of rotatable bonds is 1. The van der Waals surface area contributed by atoms with E-state index in [0.29, 0.717) is 24.4 Å². The Bertz CT molecular complexity index is 456. The van der Waals surface area contributed by atoms with Crippen molar-refractivity contribution in [1.29, 1.82) is 0 Å². The third-order valence-corrected chi connectivity index (χ3v) is 3.48. The van der Waals surface area contributed by atoms with Gasteiger partial charge in [0.2, 0.25) is 0 Å². The molecule has 1 aliphatic rings. The molecule has 0 bridgehead atoms. The number of anilines is 1. The number of nitrogens with two attached hydrogens (primary N) is 1. The van der Waals surface area contributed by atoms with Crippen molar-refractivity contribution >= 4 is 39.9 Å². The van der Waals surface area contributed by atoms with E-state index in [2.05, 4.69) is 15.9 Å². The normalized spacial score (nSPS) is 19.5. The Balaban J connectivity index is 0.00000180. The maximum atomic E-state index is 12.4. The molecule has 1 saturated heterocycles. The lowest BCUT2D eigenvalue weighted by molar-refractivity contribution is 0.0563. The Morgan fingerprint density at radius 3 is 2.95 bits per heavy atom. The number of hydrogen-bond acceptors (Lipinski definition) is 3. The highest BCUT2D eigenvalue weighted by Gasteiger charge is 2.22. The monoisotopic (exact) mass is 348 g/mol. The number of nitrogens with zero attached hydrogens (tertiary/aromatic N) is 1. The predicted molar refractivity (Wildman–Crippen MR) is 81.7 cm³/mol. The topological polar surface area (TPSA) is 55.6 Å². The van der Waals surface area contributed by atoms with E-state index in [9.17, 15) is 4.79 Å². The summed E-state index contributed by atoms with van der Waals surface area (Å²) in [4.78, 5) is 14.2. The van der Waals surface area contributed by atoms with Crippen LogP contribution in [0.25, 0.3) is 0 Å². The zero-order valence-electron chi connectivity index (χ0n) is 10.8. The first-order chi connectivity index (χ1) is 8.58. The van der Waals surface area contributed by atoms with Crippen LogP contribution in [0.2, 0.25) is 0 Å². The summed E-state index contributed by atoms with van der Waals surface area (Å²) in [6.45, 7) is 4.03. The van der Waals surface area contributed by atoms with Gasteiger partial charge in [-0.1, -0.05) is 15.9 Å². The molecule has 6 heteroatoms. The van der Waals surface area contributed by atoms with Gasteiger partial charge in [0.1, 0.15) is 0 Å². The van der Waals surface area contributed by atoms with E-state index in [-0.39, 0.29) is 24.4 Å². The molecule has 0 aliphatic carbocycles. The average molecular weight is 350 g/mol. The first-order valence-corrected chi connectivity index (χ1v) is 6.83. The number of hydrogen-bond donors (Lipinski definition) is 1. The number of ether oxygens (including phenoxy) is 1. The van der Waals surface area contributed by atoms with Crippen molar-refractivity contribution in [3.05, 3.63) is 28.2 Å². The largest absolute Gasteiger partial charge is 0.398 e. The average Bonchev–Trinajstić information content (AvgIpc) is 2.53. The van der Waals surface area contributed by atoms with Crippen LogP contribution in [0.1, 0.15) is 23.7 Å². The third kappa shape index (κ3) is 4.09. The summed E-state index contributed by atoms with van der Waals surface area (Å²) in [5, 5.41) is 0. The summed E-state index contributed by atoms with van der Waals surface area (Å²) in [7, 11) is 0. The number of amides is 1. The lowest BCUT2D eigenvalue weighted by Gasteiger charge is -2.22. The summed E-state index contributed by atoms with van der Waals surface area (Å²) in [5.74, 6) is -0.0163. The van der Waals surface area contributed by atoms with Gasteiger partial charge in [-0.25, -0.2) is 0 Å². The lowest BCUT2D eigenvalue weighted by atomic mass is 10.1. The fourth-order valence-corrected chi connectivity index (χ4v) is 2.46. The van der Waals surface area contributed by atoms with E-state index in [0.717, 1.165) is 17.4 Å². The summed E-state index contributed by atoms with van der Waals surface area (Å²) in [6, 6.07) is 5.35. The van der Waals surface area contributed by atoms with Gasteiger partial charge in [-0.2, -0.15) is 0 Å².